The maximum absolute atomic E-state index is 10.6. The maximum atomic E-state index is 10.6. The van der Waals surface area contributed by atoms with E-state index in [1.54, 1.807) is 18.3 Å². The van der Waals surface area contributed by atoms with E-state index in [-0.39, 0.29) is 6.10 Å². The van der Waals surface area contributed by atoms with Crippen molar-refractivity contribution >= 4 is 5.69 Å². The monoisotopic (exact) mass is 209 g/mol. The van der Waals surface area contributed by atoms with Gasteiger partial charge in [0.25, 0.3) is 0 Å². The largest absolute Gasteiger partial charge is 0.761 e. The molecule has 0 bridgehead atoms. The molecule has 1 N–H and O–H groups in total. The van der Waals surface area contributed by atoms with Crippen LogP contribution >= 0.6 is 0 Å². The molecule has 1 fully saturated rings. The molecule has 0 aliphatic carbocycles. The highest BCUT2D eigenvalue weighted by atomic mass is 16.5. The lowest BCUT2D eigenvalue weighted by atomic mass is 10.1. The van der Waals surface area contributed by atoms with Gasteiger partial charge in [0.1, 0.15) is 6.10 Å². The molecule has 1 aromatic rings. The number of ether oxygens (including phenoxy) is 2. The molecule has 1 saturated heterocycles. The average molecular weight is 209 g/mol. The van der Waals surface area contributed by atoms with Gasteiger partial charge < -0.3 is 20.2 Å². The Morgan fingerprint density at radius 1 is 1.47 bits per heavy atom. The summed E-state index contributed by atoms with van der Waals surface area (Å²) >= 11 is 0. The van der Waals surface area contributed by atoms with Gasteiger partial charge in [0, 0.05) is 19.0 Å². The van der Waals surface area contributed by atoms with Crippen molar-refractivity contribution < 1.29 is 9.47 Å². The average Bonchev–Trinajstić information content (AvgIpc) is 2.31. The van der Waals surface area contributed by atoms with Crippen molar-refractivity contribution in [3.05, 3.63) is 23.5 Å². The fraction of sp³-hybridized carbons (Fsp3) is 0.500. The Morgan fingerprint density at radius 2 is 2.27 bits per heavy atom. The van der Waals surface area contributed by atoms with E-state index in [0.717, 1.165) is 12.8 Å². The first-order chi connectivity index (χ1) is 7.40. The minimum absolute atomic E-state index is 0.0979. The molecule has 15 heavy (non-hydrogen) atoms. The Labute approximate surface area is 88.0 Å². The summed E-state index contributed by atoms with van der Waals surface area (Å²) in [5.41, 5.74) is 2.20. The third kappa shape index (κ3) is 2.57. The van der Waals surface area contributed by atoms with E-state index in [1.165, 1.54) is 0 Å². The summed E-state index contributed by atoms with van der Waals surface area (Å²) in [5, 5.41) is 10.6. The quantitative estimate of drug-likeness (QED) is 0.765. The Bertz CT molecular complexity index is 313. The van der Waals surface area contributed by atoms with Gasteiger partial charge >= 0.3 is 0 Å². The zero-order valence-electron chi connectivity index (χ0n) is 8.31. The van der Waals surface area contributed by atoms with E-state index in [0.29, 0.717) is 24.8 Å². The lowest BCUT2D eigenvalue weighted by Crippen LogP contribution is -2.26. The first-order valence-electron chi connectivity index (χ1n) is 4.97. The molecule has 1 aromatic heterocycles. The van der Waals surface area contributed by atoms with Crippen LogP contribution in [0.4, 0.5) is 5.69 Å². The van der Waals surface area contributed by atoms with Crippen molar-refractivity contribution in [2.24, 2.45) is 0 Å². The molecule has 0 saturated carbocycles. The van der Waals surface area contributed by atoms with E-state index in [1.807, 2.05) is 5.48 Å². The molecule has 0 aromatic carbocycles. The van der Waals surface area contributed by atoms with Crippen LogP contribution in [-0.2, 0) is 4.74 Å². The van der Waals surface area contributed by atoms with Crippen LogP contribution in [0.2, 0.25) is 0 Å². The van der Waals surface area contributed by atoms with Crippen LogP contribution in [0.3, 0.4) is 0 Å². The van der Waals surface area contributed by atoms with Crippen molar-refractivity contribution in [3.8, 4) is 5.88 Å². The molecule has 2 heterocycles. The van der Waals surface area contributed by atoms with Crippen LogP contribution in [-0.4, -0.2) is 24.3 Å². The number of nitrogens with zero attached hydrogens (tertiary/aromatic N) is 1. The first-order valence-corrected chi connectivity index (χ1v) is 4.97. The lowest BCUT2D eigenvalue weighted by Gasteiger charge is -2.24. The number of hydrogen-bond acceptors (Lipinski definition) is 5. The Balaban J connectivity index is 2.02. The molecule has 0 atom stereocenters. The molecule has 0 unspecified atom stereocenters. The minimum Gasteiger partial charge on any atom is -0.761 e. The summed E-state index contributed by atoms with van der Waals surface area (Å²) in [4.78, 5) is 4.02. The third-order valence-corrected chi connectivity index (χ3v) is 2.33. The number of nitrogens with one attached hydrogen (secondary N) is 1. The highest BCUT2D eigenvalue weighted by molar-refractivity contribution is 5.52. The molecule has 0 amide bonds. The van der Waals surface area contributed by atoms with E-state index in [4.69, 9.17) is 9.47 Å². The van der Waals surface area contributed by atoms with Crippen LogP contribution in [0.1, 0.15) is 12.8 Å². The standard InChI is InChI=1S/C10H13N2O3/c13-12-9-2-1-5-11-10(9)15-8-3-6-14-7-4-8/h1-2,5,8,12H,3-4,6-7H2/q-1. The fourth-order valence-corrected chi connectivity index (χ4v) is 1.51. The van der Waals surface area contributed by atoms with Crippen molar-refractivity contribution in [3.63, 3.8) is 0 Å². The van der Waals surface area contributed by atoms with Gasteiger partial charge in [-0.2, -0.15) is 0 Å². The number of aromatic nitrogens is 1. The first kappa shape index (κ1) is 10.2. The fourth-order valence-electron chi connectivity index (χ4n) is 1.51. The van der Waals surface area contributed by atoms with Gasteiger partial charge in [-0.05, 0) is 12.1 Å². The Hall–Kier alpha value is -1.33. The summed E-state index contributed by atoms with van der Waals surface area (Å²) in [6.45, 7) is 1.41. The summed E-state index contributed by atoms with van der Waals surface area (Å²) in [6, 6.07) is 3.34. The molecule has 1 aliphatic heterocycles. The number of hydrogen-bond donors (Lipinski definition) is 1. The predicted molar refractivity (Wildman–Crippen MR) is 55.7 cm³/mol. The second-order valence-corrected chi connectivity index (χ2v) is 3.39. The van der Waals surface area contributed by atoms with Crippen LogP contribution in [0.25, 0.3) is 0 Å². The molecule has 0 spiro atoms. The highest BCUT2D eigenvalue weighted by Crippen LogP contribution is 2.23. The molecular weight excluding hydrogens is 196 g/mol. The summed E-state index contributed by atoms with van der Waals surface area (Å²) in [6.07, 6.45) is 3.39. The summed E-state index contributed by atoms with van der Waals surface area (Å²) in [5.74, 6) is 0.374. The molecular formula is C10H13N2O3-. The normalized spacial score (nSPS) is 17.4. The van der Waals surface area contributed by atoms with E-state index in [9.17, 15) is 5.21 Å². The van der Waals surface area contributed by atoms with Gasteiger partial charge in [0.2, 0.25) is 5.88 Å². The molecule has 5 nitrogen and oxygen atoms in total. The molecule has 82 valence electrons. The van der Waals surface area contributed by atoms with E-state index in [2.05, 4.69) is 4.98 Å². The van der Waals surface area contributed by atoms with Gasteiger partial charge in [0.15, 0.2) is 0 Å². The van der Waals surface area contributed by atoms with Gasteiger partial charge in [0.05, 0.1) is 18.9 Å². The van der Waals surface area contributed by atoms with Crippen LogP contribution in [0.5, 0.6) is 5.88 Å². The van der Waals surface area contributed by atoms with Gasteiger partial charge in [-0.3, -0.25) is 0 Å². The highest BCUT2D eigenvalue weighted by Gasteiger charge is 2.16. The van der Waals surface area contributed by atoms with Crippen LogP contribution in [0, 0.1) is 5.21 Å². The number of anilines is 1. The smallest absolute Gasteiger partial charge is 0.236 e. The topological polar surface area (TPSA) is 66.4 Å². The SMILES string of the molecule is [O-]Nc1cccnc1OC1CCOCC1. The molecule has 2 rings (SSSR count). The third-order valence-electron chi connectivity index (χ3n) is 2.33. The second-order valence-electron chi connectivity index (χ2n) is 3.39. The number of rotatable bonds is 3. The Morgan fingerprint density at radius 3 is 3.00 bits per heavy atom. The zero-order chi connectivity index (χ0) is 10.5. The zero-order valence-corrected chi connectivity index (χ0v) is 8.31. The van der Waals surface area contributed by atoms with E-state index >= 15 is 0 Å². The number of pyridine rings is 1. The van der Waals surface area contributed by atoms with Crippen molar-refractivity contribution in [1.29, 1.82) is 0 Å². The van der Waals surface area contributed by atoms with Gasteiger partial charge in [-0.25, -0.2) is 4.98 Å². The van der Waals surface area contributed by atoms with Gasteiger partial charge in [-0.15, -0.1) is 0 Å². The second kappa shape index (κ2) is 4.95. The van der Waals surface area contributed by atoms with Crippen molar-refractivity contribution in [2.45, 2.75) is 18.9 Å². The Kier molecular flexibility index (Phi) is 3.37. The van der Waals surface area contributed by atoms with Crippen molar-refractivity contribution in [2.75, 3.05) is 18.7 Å². The van der Waals surface area contributed by atoms with Crippen LogP contribution < -0.4 is 10.2 Å². The molecule has 0 radical (unpaired) electrons. The lowest BCUT2D eigenvalue weighted by molar-refractivity contribution is 0.0240. The maximum Gasteiger partial charge on any atom is 0.236 e. The van der Waals surface area contributed by atoms with Crippen molar-refractivity contribution in [1.82, 2.24) is 4.98 Å². The summed E-state index contributed by atoms with van der Waals surface area (Å²) < 4.78 is 10.8. The van der Waals surface area contributed by atoms with Crippen LogP contribution in [0.15, 0.2) is 18.3 Å². The molecule has 5 heteroatoms. The minimum atomic E-state index is 0.0979. The van der Waals surface area contributed by atoms with Gasteiger partial charge in [-0.1, -0.05) is 0 Å². The van der Waals surface area contributed by atoms with E-state index < -0.39 is 0 Å². The summed E-state index contributed by atoms with van der Waals surface area (Å²) in [7, 11) is 0. The molecule has 1 aliphatic rings. The predicted octanol–water partition coefficient (Wildman–Crippen LogP) is 1.55.